The number of rotatable bonds is 6. The second kappa shape index (κ2) is 7.64. The number of halogens is 2. The minimum Gasteiger partial charge on any atom is -0.306 e. The quantitative estimate of drug-likeness (QED) is 0.691. The molecule has 0 aliphatic carbocycles. The van der Waals surface area contributed by atoms with E-state index >= 15 is 0 Å². The van der Waals surface area contributed by atoms with Crippen LogP contribution >= 0.6 is 34.5 Å². The fourth-order valence-electron chi connectivity index (χ4n) is 2.66. The first-order valence-electron chi connectivity index (χ1n) is 7.40. The van der Waals surface area contributed by atoms with E-state index in [0.717, 1.165) is 33.6 Å². The third kappa shape index (κ3) is 3.81. The summed E-state index contributed by atoms with van der Waals surface area (Å²) in [5.74, 6) is 0. The van der Waals surface area contributed by atoms with Gasteiger partial charge in [0.25, 0.3) is 0 Å². The summed E-state index contributed by atoms with van der Waals surface area (Å²) in [6, 6.07) is 8.81. The summed E-state index contributed by atoms with van der Waals surface area (Å²) in [6.45, 7) is 7.39. The molecule has 0 aliphatic rings. The molecule has 0 saturated heterocycles. The maximum atomic E-state index is 6.35. The molecule has 0 aliphatic heterocycles. The summed E-state index contributed by atoms with van der Waals surface area (Å²) in [4.78, 5) is 0. The van der Waals surface area contributed by atoms with E-state index in [9.17, 15) is 0 Å². The van der Waals surface area contributed by atoms with Gasteiger partial charge in [0.1, 0.15) is 0 Å². The van der Waals surface area contributed by atoms with Crippen molar-refractivity contribution < 1.29 is 0 Å². The first kappa shape index (κ1) is 16.8. The lowest BCUT2D eigenvalue weighted by molar-refractivity contribution is 0.631. The summed E-state index contributed by atoms with van der Waals surface area (Å²) in [7, 11) is 0. The third-order valence-corrected chi connectivity index (χ3v) is 5.25. The van der Waals surface area contributed by atoms with Crippen LogP contribution in [0.4, 0.5) is 0 Å². The maximum absolute atomic E-state index is 6.35. The van der Waals surface area contributed by atoms with Crippen molar-refractivity contribution in [2.75, 3.05) is 6.54 Å². The molecule has 2 rings (SSSR count). The molecule has 0 amide bonds. The Balaban J connectivity index is 2.45. The van der Waals surface area contributed by atoms with Crippen LogP contribution in [-0.2, 0) is 12.8 Å². The Hall–Kier alpha value is -0.540. The zero-order valence-electron chi connectivity index (χ0n) is 12.7. The molecule has 114 valence electrons. The van der Waals surface area contributed by atoms with Gasteiger partial charge in [0.05, 0.1) is 14.7 Å². The van der Waals surface area contributed by atoms with E-state index in [1.807, 2.05) is 6.07 Å². The highest BCUT2D eigenvalue weighted by atomic mass is 35.5. The number of hydrogen-bond acceptors (Lipinski definition) is 2. The maximum Gasteiger partial charge on any atom is 0.0995 e. The van der Waals surface area contributed by atoms with Gasteiger partial charge in [-0.1, -0.05) is 62.2 Å². The lowest BCUT2D eigenvalue weighted by atomic mass is 9.94. The van der Waals surface area contributed by atoms with Gasteiger partial charge in [0.15, 0.2) is 0 Å². The molecule has 1 N–H and O–H groups in total. The highest BCUT2D eigenvalue weighted by Gasteiger charge is 2.19. The van der Waals surface area contributed by atoms with Crippen molar-refractivity contribution in [3.63, 3.8) is 0 Å². The van der Waals surface area contributed by atoms with Gasteiger partial charge in [-0.05, 0) is 42.1 Å². The fourth-order valence-corrected chi connectivity index (χ4v) is 4.19. The smallest absolute Gasteiger partial charge is 0.0995 e. The minimum atomic E-state index is 0.0995. The van der Waals surface area contributed by atoms with Crippen LogP contribution < -0.4 is 5.32 Å². The summed E-state index contributed by atoms with van der Waals surface area (Å²) in [6.07, 6.45) is 2.12. The van der Waals surface area contributed by atoms with E-state index in [1.165, 1.54) is 28.0 Å². The van der Waals surface area contributed by atoms with E-state index in [-0.39, 0.29) is 6.04 Å². The molecule has 1 unspecified atom stereocenters. The SMILES string of the molecule is CCNC(c1ccc(CC)c(CC)c1)c1cc(Cl)sc1Cl. The Labute approximate surface area is 141 Å². The molecule has 1 aromatic heterocycles. The third-order valence-electron chi connectivity index (χ3n) is 3.73. The average Bonchev–Trinajstić information content (AvgIpc) is 2.82. The fraction of sp³-hybridized carbons (Fsp3) is 0.412. The van der Waals surface area contributed by atoms with Crippen LogP contribution in [0.3, 0.4) is 0 Å². The molecule has 2 aromatic rings. The van der Waals surface area contributed by atoms with Gasteiger partial charge >= 0.3 is 0 Å². The number of hydrogen-bond donors (Lipinski definition) is 1. The summed E-state index contributed by atoms with van der Waals surface area (Å²) < 4.78 is 1.50. The van der Waals surface area contributed by atoms with Gasteiger partial charge in [-0.3, -0.25) is 0 Å². The number of aryl methyl sites for hydroxylation is 2. The molecule has 1 aromatic carbocycles. The second-order valence-electron chi connectivity index (χ2n) is 5.01. The van der Waals surface area contributed by atoms with Crippen LogP contribution in [-0.4, -0.2) is 6.54 Å². The molecule has 0 fully saturated rings. The van der Waals surface area contributed by atoms with Crippen molar-refractivity contribution in [3.8, 4) is 0 Å². The molecular formula is C17H21Cl2NS. The highest BCUT2D eigenvalue weighted by molar-refractivity contribution is 7.20. The molecule has 0 radical (unpaired) electrons. The Morgan fingerprint density at radius 3 is 2.29 bits per heavy atom. The van der Waals surface area contributed by atoms with Crippen molar-refractivity contribution in [3.05, 3.63) is 55.2 Å². The molecule has 4 heteroatoms. The molecule has 1 nitrogen and oxygen atoms in total. The average molecular weight is 342 g/mol. The minimum absolute atomic E-state index is 0.0995. The van der Waals surface area contributed by atoms with Gasteiger partial charge < -0.3 is 5.32 Å². The van der Waals surface area contributed by atoms with E-state index in [0.29, 0.717) is 0 Å². The summed E-state index contributed by atoms with van der Waals surface area (Å²) in [5.41, 5.74) is 5.16. The normalized spacial score (nSPS) is 12.6. The number of thiophene rings is 1. The van der Waals surface area contributed by atoms with E-state index in [1.54, 1.807) is 0 Å². The predicted molar refractivity (Wildman–Crippen MR) is 95.1 cm³/mol. The largest absolute Gasteiger partial charge is 0.306 e. The highest BCUT2D eigenvalue weighted by Crippen LogP contribution is 2.37. The van der Waals surface area contributed by atoms with Gasteiger partial charge in [0.2, 0.25) is 0 Å². The second-order valence-corrected chi connectivity index (χ2v) is 7.29. The van der Waals surface area contributed by atoms with Crippen LogP contribution in [0.2, 0.25) is 8.67 Å². The van der Waals surface area contributed by atoms with Crippen molar-refractivity contribution >= 4 is 34.5 Å². The molecule has 21 heavy (non-hydrogen) atoms. The van der Waals surface area contributed by atoms with Gasteiger partial charge in [-0.25, -0.2) is 0 Å². The molecular weight excluding hydrogens is 321 g/mol. The van der Waals surface area contributed by atoms with Crippen molar-refractivity contribution in [2.45, 2.75) is 39.7 Å². The Kier molecular flexibility index (Phi) is 6.12. The van der Waals surface area contributed by atoms with Crippen LogP contribution in [0.1, 0.15) is 49.1 Å². The van der Waals surface area contributed by atoms with Crippen LogP contribution in [0.25, 0.3) is 0 Å². The first-order valence-corrected chi connectivity index (χ1v) is 8.97. The zero-order valence-corrected chi connectivity index (χ0v) is 15.0. The van der Waals surface area contributed by atoms with Gasteiger partial charge in [-0.15, -0.1) is 11.3 Å². The Bertz CT molecular complexity index is 607. The zero-order chi connectivity index (χ0) is 15.4. The van der Waals surface area contributed by atoms with Crippen molar-refractivity contribution in [2.24, 2.45) is 0 Å². The first-order chi connectivity index (χ1) is 10.1. The topological polar surface area (TPSA) is 12.0 Å². The molecule has 0 saturated carbocycles. The lowest BCUT2D eigenvalue weighted by Gasteiger charge is -2.20. The predicted octanol–water partition coefficient (Wildman–Crippen LogP) is 5.88. The monoisotopic (exact) mass is 341 g/mol. The Morgan fingerprint density at radius 1 is 1.05 bits per heavy atom. The number of nitrogens with one attached hydrogen (secondary N) is 1. The summed E-state index contributed by atoms with van der Waals surface area (Å²) in [5, 5.41) is 3.52. The van der Waals surface area contributed by atoms with E-state index in [4.69, 9.17) is 23.2 Å². The standard InChI is InChI=1S/C17H21Cl2NS/c1-4-11-7-8-13(9-12(11)5-2)16(20-6-3)14-10-15(18)21-17(14)19/h7-10,16,20H,4-6H2,1-3H3. The van der Waals surface area contributed by atoms with Crippen LogP contribution in [0.15, 0.2) is 24.3 Å². The Morgan fingerprint density at radius 2 is 1.76 bits per heavy atom. The molecule has 0 bridgehead atoms. The van der Waals surface area contributed by atoms with Crippen molar-refractivity contribution in [1.82, 2.24) is 5.32 Å². The van der Waals surface area contributed by atoms with E-state index < -0.39 is 0 Å². The van der Waals surface area contributed by atoms with Crippen LogP contribution in [0, 0.1) is 0 Å². The lowest BCUT2D eigenvalue weighted by Crippen LogP contribution is -2.22. The van der Waals surface area contributed by atoms with Crippen molar-refractivity contribution in [1.29, 1.82) is 0 Å². The molecule has 1 heterocycles. The van der Waals surface area contributed by atoms with Gasteiger partial charge in [-0.2, -0.15) is 0 Å². The number of benzene rings is 1. The van der Waals surface area contributed by atoms with E-state index in [2.05, 4.69) is 44.3 Å². The van der Waals surface area contributed by atoms with Crippen LogP contribution in [0.5, 0.6) is 0 Å². The van der Waals surface area contributed by atoms with Gasteiger partial charge in [0, 0.05) is 5.56 Å². The summed E-state index contributed by atoms with van der Waals surface area (Å²) >= 11 is 13.9. The molecule has 0 spiro atoms. The molecule has 1 atom stereocenters.